The maximum Gasteiger partial charge on any atom is 0.331 e. The third kappa shape index (κ3) is 4.73. The Hall–Kier alpha value is -1.64. The molecule has 4 nitrogen and oxygen atoms in total. The zero-order valence-corrected chi connectivity index (χ0v) is 9.20. The minimum absolute atomic E-state index is 0.224. The molecule has 0 heterocycles. The van der Waals surface area contributed by atoms with Gasteiger partial charge in [-0.3, -0.25) is 4.18 Å². The van der Waals surface area contributed by atoms with E-state index in [2.05, 4.69) is 5.92 Å². The fourth-order valence-electron chi connectivity index (χ4n) is 0.864. The van der Waals surface area contributed by atoms with Crippen LogP contribution in [0.4, 0.5) is 0 Å². The Labute approximate surface area is 97.8 Å². The molecule has 0 fully saturated rings. The van der Waals surface area contributed by atoms with Gasteiger partial charge in [0.25, 0.3) is 0 Å². The van der Waals surface area contributed by atoms with Gasteiger partial charge in [-0.1, -0.05) is 5.92 Å². The normalized spacial score (nSPS) is 9.44. The first-order valence-electron chi connectivity index (χ1n) is 4.40. The first-order chi connectivity index (χ1) is 7.72. The van der Waals surface area contributed by atoms with E-state index >= 15 is 0 Å². The molecular weight excluding hydrogens is 228 g/mol. The van der Waals surface area contributed by atoms with E-state index in [9.17, 15) is 4.79 Å². The van der Waals surface area contributed by atoms with E-state index in [1.54, 1.807) is 24.3 Å². The van der Waals surface area contributed by atoms with Crippen LogP contribution in [0, 0.1) is 12.3 Å². The first kappa shape index (κ1) is 12.4. The molecule has 0 spiro atoms. The minimum atomic E-state index is -0.999. The third-order valence-electron chi connectivity index (χ3n) is 1.48. The van der Waals surface area contributed by atoms with Gasteiger partial charge < -0.3 is 9.84 Å². The van der Waals surface area contributed by atoms with Crippen molar-refractivity contribution in [2.75, 3.05) is 13.2 Å². The SMILES string of the molecule is C#CCOc1ccc(SOCC(=O)O)cc1. The average molecular weight is 238 g/mol. The highest BCUT2D eigenvalue weighted by Crippen LogP contribution is 2.21. The molecule has 16 heavy (non-hydrogen) atoms. The van der Waals surface area contributed by atoms with E-state index in [0.29, 0.717) is 5.75 Å². The maximum atomic E-state index is 10.2. The zero-order valence-electron chi connectivity index (χ0n) is 8.38. The number of carbonyl (C=O) groups is 1. The van der Waals surface area contributed by atoms with Crippen LogP contribution in [0.3, 0.4) is 0 Å². The Balaban J connectivity index is 2.39. The molecule has 5 heteroatoms. The fourth-order valence-corrected chi connectivity index (χ4v) is 1.41. The van der Waals surface area contributed by atoms with Gasteiger partial charge in [0.1, 0.15) is 12.4 Å². The lowest BCUT2D eigenvalue weighted by atomic mass is 10.3. The molecule has 1 rings (SSSR count). The summed E-state index contributed by atoms with van der Waals surface area (Å²) in [5, 5.41) is 8.36. The van der Waals surface area contributed by atoms with Gasteiger partial charge in [0, 0.05) is 16.9 Å². The number of terminal acetylenes is 1. The molecule has 84 valence electrons. The Morgan fingerprint density at radius 1 is 1.44 bits per heavy atom. The molecule has 1 aromatic carbocycles. The molecule has 0 unspecified atom stereocenters. The van der Waals surface area contributed by atoms with Crippen molar-refractivity contribution < 1.29 is 18.8 Å². The molecule has 0 aliphatic heterocycles. The van der Waals surface area contributed by atoms with E-state index < -0.39 is 5.97 Å². The molecule has 0 atom stereocenters. The van der Waals surface area contributed by atoms with Crippen LogP contribution in [0.15, 0.2) is 29.2 Å². The van der Waals surface area contributed by atoms with Crippen LogP contribution < -0.4 is 4.74 Å². The van der Waals surface area contributed by atoms with E-state index in [-0.39, 0.29) is 13.2 Å². The van der Waals surface area contributed by atoms with Gasteiger partial charge in [-0.05, 0) is 24.3 Å². The summed E-state index contributed by atoms with van der Waals surface area (Å²) >= 11 is 1.00. The Bertz CT molecular complexity index is 380. The molecular formula is C11H10O4S. The molecule has 0 saturated carbocycles. The predicted molar refractivity (Wildman–Crippen MR) is 60.2 cm³/mol. The van der Waals surface area contributed by atoms with Crippen LogP contribution in [0.1, 0.15) is 0 Å². The quantitative estimate of drug-likeness (QED) is 0.605. The van der Waals surface area contributed by atoms with Gasteiger partial charge in [-0.2, -0.15) is 0 Å². The van der Waals surface area contributed by atoms with Crippen LogP contribution in [0.25, 0.3) is 0 Å². The standard InChI is InChI=1S/C11H10O4S/c1-2-7-14-9-3-5-10(6-4-9)16-15-8-11(12)13/h1,3-6H,7-8H2,(H,12,13). The van der Waals surface area contributed by atoms with Crippen molar-refractivity contribution in [1.29, 1.82) is 0 Å². The number of benzene rings is 1. The summed E-state index contributed by atoms with van der Waals surface area (Å²) in [5.41, 5.74) is 0. The van der Waals surface area contributed by atoms with Crippen LogP contribution in [-0.2, 0) is 8.98 Å². The second kappa shape index (κ2) is 6.77. The highest BCUT2D eigenvalue weighted by atomic mass is 32.2. The minimum Gasteiger partial charge on any atom is -0.481 e. The monoisotopic (exact) mass is 238 g/mol. The van der Waals surface area contributed by atoms with Crippen molar-refractivity contribution in [2.45, 2.75) is 4.90 Å². The topological polar surface area (TPSA) is 55.8 Å². The Kier molecular flexibility index (Phi) is 5.26. The van der Waals surface area contributed by atoms with Gasteiger partial charge in [0.15, 0.2) is 6.61 Å². The number of aliphatic carboxylic acids is 1. The van der Waals surface area contributed by atoms with Gasteiger partial charge >= 0.3 is 5.97 Å². The molecule has 0 aromatic heterocycles. The van der Waals surface area contributed by atoms with Gasteiger partial charge in [0.2, 0.25) is 0 Å². The van der Waals surface area contributed by atoms with Gasteiger partial charge in [-0.25, -0.2) is 4.79 Å². The lowest BCUT2D eigenvalue weighted by Gasteiger charge is -2.03. The lowest BCUT2D eigenvalue weighted by molar-refractivity contribution is -0.138. The summed E-state index contributed by atoms with van der Waals surface area (Å²) in [6.45, 7) is -0.109. The van der Waals surface area contributed by atoms with Crippen molar-refractivity contribution in [3.63, 3.8) is 0 Å². The van der Waals surface area contributed by atoms with Crippen LogP contribution in [-0.4, -0.2) is 24.3 Å². The summed E-state index contributed by atoms with van der Waals surface area (Å²) in [6.07, 6.45) is 5.05. The van der Waals surface area contributed by atoms with Crippen molar-refractivity contribution in [2.24, 2.45) is 0 Å². The molecule has 0 radical (unpaired) electrons. The molecule has 0 saturated heterocycles. The summed E-state index contributed by atoms with van der Waals surface area (Å²) in [5.74, 6) is 2.03. The largest absolute Gasteiger partial charge is 0.481 e. The number of carboxylic acids is 1. The maximum absolute atomic E-state index is 10.2. The first-order valence-corrected chi connectivity index (χ1v) is 5.14. The number of carboxylic acid groups (broad SMARTS) is 1. The highest BCUT2D eigenvalue weighted by Gasteiger charge is 1.99. The highest BCUT2D eigenvalue weighted by molar-refractivity contribution is 7.94. The van der Waals surface area contributed by atoms with Crippen LogP contribution in [0.5, 0.6) is 5.75 Å². The molecule has 0 aliphatic rings. The summed E-state index contributed by atoms with van der Waals surface area (Å²) < 4.78 is 10.0. The lowest BCUT2D eigenvalue weighted by Crippen LogP contribution is -2.02. The fraction of sp³-hybridized carbons (Fsp3) is 0.182. The van der Waals surface area contributed by atoms with Crippen LogP contribution in [0.2, 0.25) is 0 Å². The predicted octanol–water partition coefficient (Wildman–Crippen LogP) is 1.81. The van der Waals surface area contributed by atoms with Crippen molar-refractivity contribution in [3.8, 4) is 18.1 Å². The second-order valence-electron chi connectivity index (χ2n) is 2.70. The summed E-state index contributed by atoms with van der Waals surface area (Å²) in [4.78, 5) is 11.0. The number of ether oxygens (including phenoxy) is 1. The van der Waals surface area contributed by atoms with Crippen LogP contribution >= 0.6 is 12.0 Å². The molecule has 0 bridgehead atoms. The van der Waals surface area contributed by atoms with Gasteiger partial charge in [0.05, 0.1) is 0 Å². The smallest absolute Gasteiger partial charge is 0.331 e. The zero-order chi connectivity index (χ0) is 11.8. The van der Waals surface area contributed by atoms with Crippen molar-refractivity contribution in [1.82, 2.24) is 0 Å². The average Bonchev–Trinajstić information content (AvgIpc) is 2.27. The van der Waals surface area contributed by atoms with Crippen molar-refractivity contribution >= 4 is 18.0 Å². The number of rotatable bonds is 6. The van der Waals surface area contributed by atoms with E-state index in [0.717, 1.165) is 16.9 Å². The number of hydrogen-bond donors (Lipinski definition) is 1. The van der Waals surface area contributed by atoms with E-state index in [1.807, 2.05) is 0 Å². The molecule has 1 aromatic rings. The second-order valence-corrected chi connectivity index (χ2v) is 3.58. The van der Waals surface area contributed by atoms with E-state index in [1.165, 1.54) is 0 Å². The molecule has 0 amide bonds. The molecule has 1 N–H and O–H groups in total. The third-order valence-corrected chi connectivity index (χ3v) is 2.18. The Morgan fingerprint density at radius 2 is 2.12 bits per heavy atom. The summed E-state index contributed by atoms with van der Waals surface area (Å²) in [7, 11) is 0. The number of hydrogen-bond acceptors (Lipinski definition) is 4. The Morgan fingerprint density at radius 3 is 2.69 bits per heavy atom. The summed E-state index contributed by atoms with van der Waals surface area (Å²) in [6, 6.07) is 7.00. The van der Waals surface area contributed by atoms with Gasteiger partial charge in [-0.15, -0.1) is 6.42 Å². The van der Waals surface area contributed by atoms with E-state index in [4.69, 9.17) is 20.4 Å². The molecule has 0 aliphatic carbocycles. The van der Waals surface area contributed by atoms with Crippen molar-refractivity contribution in [3.05, 3.63) is 24.3 Å².